The summed E-state index contributed by atoms with van der Waals surface area (Å²) in [5, 5.41) is 3.44. The van der Waals surface area contributed by atoms with Crippen LogP contribution in [0, 0.1) is 11.7 Å². The van der Waals surface area contributed by atoms with E-state index in [1.54, 1.807) is 19.2 Å². The number of hydrogen-bond acceptors (Lipinski definition) is 3. The summed E-state index contributed by atoms with van der Waals surface area (Å²) in [6.45, 7) is 9.48. The first-order valence-corrected chi connectivity index (χ1v) is 7.17. The van der Waals surface area contributed by atoms with Crippen LogP contribution in [0.3, 0.4) is 0 Å². The minimum Gasteiger partial charge on any atom is -0.496 e. The van der Waals surface area contributed by atoms with Crippen molar-refractivity contribution in [3.05, 3.63) is 29.6 Å². The quantitative estimate of drug-likeness (QED) is 0.791. The van der Waals surface area contributed by atoms with Gasteiger partial charge in [0.2, 0.25) is 0 Å². The van der Waals surface area contributed by atoms with E-state index in [2.05, 4.69) is 19.2 Å². The Balaban J connectivity index is 2.85. The molecule has 4 heteroatoms. The molecule has 1 N–H and O–H groups in total. The van der Waals surface area contributed by atoms with Gasteiger partial charge in [0.1, 0.15) is 11.6 Å². The van der Waals surface area contributed by atoms with Gasteiger partial charge < -0.3 is 14.8 Å². The van der Waals surface area contributed by atoms with Gasteiger partial charge in [0.05, 0.1) is 13.7 Å². The summed E-state index contributed by atoms with van der Waals surface area (Å²) in [5.41, 5.74) is 0.567. The molecule has 0 aliphatic carbocycles. The Labute approximate surface area is 121 Å². The standard InChI is InChI=1S/C16H26FNO2/c1-6-20-10-14(11(2)3)18-12(4)16-13(17)8-7-9-15(16)19-5/h7-9,11-12,14,18H,6,10H2,1-5H3. The summed E-state index contributed by atoms with van der Waals surface area (Å²) in [4.78, 5) is 0. The van der Waals surface area contributed by atoms with E-state index in [1.165, 1.54) is 6.07 Å². The van der Waals surface area contributed by atoms with E-state index in [9.17, 15) is 4.39 Å². The van der Waals surface area contributed by atoms with Crippen LogP contribution in [0.2, 0.25) is 0 Å². The van der Waals surface area contributed by atoms with Crippen molar-refractivity contribution in [1.82, 2.24) is 5.32 Å². The first-order valence-electron chi connectivity index (χ1n) is 7.17. The molecular formula is C16H26FNO2. The van der Waals surface area contributed by atoms with E-state index in [4.69, 9.17) is 9.47 Å². The van der Waals surface area contributed by atoms with Crippen LogP contribution in [0.25, 0.3) is 0 Å². The number of methoxy groups -OCH3 is 1. The van der Waals surface area contributed by atoms with Crippen molar-refractivity contribution in [2.24, 2.45) is 5.92 Å². The first-order chi connectivity index (χ1) is 9.51. The predicted molar refractivity (Wildman–Crippen MR) is 79.6 cm³/mol. The molecule has 1 aromatic rings. The van der Waals surface area contributed by atoms with Gasteiger partial charge in [-0.3, -0.25) is 0 Å². The fraction of sp³-hybridized carbons (Fsp3) is 0.625. The molecule has 0 radical (unpaired) electrons. The van der Waals surface area contributed by atoms with Crippen molar-refractivity contribution in [2.45, 2.75) is 39.8 Å². The Hall–Kier alpha value is -1.13. The Morgan fingerprint density at radius 3 is 2.50 bits per heavy atom. The van der Waals surface area contributed by atoms with Gasteiger partial charge >= 0.3 is 0 Å². The molecule has 1 aromatic carbocycles. The zero-order valence-corrected chi connectivity index (χ0v) is 13.1. The van der Waals surface area contributed by atoms with Crippen molar-refractivity contribution in [2.75, 3.05) is 20.3 Å². The van der Waals surface area contributed by atoms with E-state index in [-0.39, 0.29) is 17.9 Å². The van der Waals surface area contributed by atoms with Crippen molar-refractivity contribution in [3.63, 3.8) is 0 Å². The Kier molecular flexibility index (Phi) is 6.96. The average molecular weight is 283 g/mol. The van der Waals surface area contributed by atoms with Crippen LogP contribution >= 0.6 is 0 Å². The molecule has 0 fully saturated rings. The molecule has 20 heavy (non-hydrogen) atoms. The van der Waals surface area contributed by atoms with Gasteiger partial charge in [-0.05, 0) is 31.9 Å². The molecule has 114 valence electrons. The number of nitrogens with one attached hydrogen (secondary N) is 1. The average Bonchev–Trinajstić information content (AvgIpc) is 2.42. The third-order valence-electron chi connectivity index (χ3n) is 3.44. The Morgan fingerprint density at radius 1 is 1.25 bits per heavy atom. The number of benzene rings is 1. The zero-order valence-electron chi connectivity index (χ0n) is 13.1. The molecule has 2 unspecified atom stereocenters. The molecule has 1 rings (SSSR count). The summed E-state index contributed by atoms with van der Waals surface area (Å²) in [6, 6.07) is 4.94. The van der Waals surface area contributed by atoms with Gasteiger partial charge in [0.25, 0.3) is 0 Å². The fourth-order valence-corrected chi connectivity index (χ4v) is 2.20. The summed E-state index contributed by atoms with van der Waals surface area (Å²) >= 11 is 0. The Morgan fingerprint density at radius 2 is 1.95 bits per heavy atom. The number of halogens is 1. The monoisotopic (exact) mass is 283 g/mol. The smallest absolute Gasteiger partial charge is 0.131 e. The van der Waals surface area contributed by atoms with Crippen LogP contribution in [0.15, 0.2) is 18.2 Å². The Bertz CT molecular complexity index is 409. The normalized spacial score (nSPS) is 14.3. The molecule has 0 heterocycles. The van der Waals surface area contributed by atoms with Gasteiger partial charge in [0, 0.05) is 24.3 Å². The van der Waals surface area contributed by atoms with Crippen molar-refractivity contribution in [1.29, 1.82) is 0 Å². The number of hydrogen-bond donors (Lipinski definition) is 1. The van der Waals surface area contributed by atoms with Gasteiger partial charge in [-0.2, -0.15) is 0 Å². The lowest BCUT2D eigenvalue weighted by Gasteiger charge is -2.27. The van der Waals surface area contributed by atoms with E-state index in [0.717, 1.165) is 0 Å². The lowest BCUT2D eigenvalue weighted by atomic mass is 10.0. The van der Waals surface area contributed by atoms with Crippen LogP contribution in [0.5, 0.6) is 5.75 Å². The summed E-state index contributed by atoms with van der Waals surface area (Å²) in [6.07, 6.45) is 0. The molecule has 0 saturated carbocycles. The minimum atomic E-state index is -0.247. The summed E-state index contributed by atoms with van der Waals surface area (Å²) < 4.78 is 24.8. The molecule has 0 bridgehead atoms. The maximum Gasteiger partial charge on any atom is 0.131 e. The number of ether oxygens (including phenoxy) is 2. The highest BCUT2D eigenvalue weighted by Crippen LogP contribution is 2.28. The first kappa shape index (κ1) is 16.9. The van der Waals surface area contributed by atoms with E-state index >= 15 is 0 Å². The molecule has 0 amide bonds. The number of rotatable bonds is 8. The maximum absolute atomic E-state index is 14.0. The highest BCUT2D eigenvalue weighted by molar-refractivity contribution is 5.37. The topological polar surface area (TPSA) is 30.5 Å². The van der Waals surface area contributed by atoms with Crippen LogP contribution in [-0.2, 0) is 4.74 Å². The maximum atomic E-state index is 14.0. The fourth-order valence-electron chi connectivity index (χ4n) is 2.20. The van der Waals surface area contributed by atoms with E-state index < -0.39 is 0 Å². The van der Waals surface area contributed by atoms with Crippen LogP contribution in [-0.4, -0.2) is 26.4 Å². The van der Waals surface area contributed by atoms with Gasteiger partial charge in [-0.25, -0.2) is 4.39 Å². The molecule has 0 spiro atoms. The molecule has 0 saturated heterocycles. The summed E-state index contributed by atoms with van der Waals surface area (Å²) in [7, 11) is 1.56. The molecule has 3 nitrogen and oxygen atoms in total. The highest BCUT2D eigenvalue weighted by atomic mass is 19.1. The molecular weight excluding hydrogens is 257 g/mol. The molecule has 0 aliphatic heterocycles. The second kappa shape index (κ2) is 8.22. The SMILES string of the molecule is CCOCC(NC(C)c1c(F)cccc1OC)C(C)C. The van der Waals surface area contributed by atoms with Crippen LogP contribution < -0.4 is 10.1 Å². The van der Waals surface area contributed by atoms with Crippen LogP contribution in [0.1, 0.15) is 39.3 Å². The van der Waals surface area contributed by atoms with Crippen LogP contribution in [0.4, 0.5) is 4.39 Å². The van der Waals surface area contributed by atoms with Crippen molar-refractivity contribution >= 4 is 0 Å². The van der Waals surface area contributed by atoms with E-state index in [1.807, 2.05) is 13.8 Å². The van der Waals surface area contributed by atoms with Gasteiger partial charge in [-0.15, -0.1) is 0 Å². The molecule has 0 aliphatic rings. The molecule has 2 atom stereocenters. The van der Waals surface area contributed by atoms with Gasteiger partial charge in [0.15, 0.2) is 0 Å². The largest absolute Gasteiger partial charge is 0.496 e. The van der Waals surface area contributed by atoms with Crippen molar-refractivity contribution < 1.29 is 13.9 Å². The second-order valence-corrected chi connectivity index (χ2v) is 5.25. The van der Waals surface area contributed by atoms with Gasteiger partial charge in [-0.1, -0.05) is 19.9 Å². The second-order valence-electron chi connectivity index (χ2n) is 5.25. The zero-order chi connectivity index (χ0) is 15.1. The predicted octanol–water partition coefficient (Wildman–Crippen LogP) is 3.55. The molecule has 0 aromatic heterocycles. The minimum absolute atomic E-state index is 0.140. The highest BCUT2D eigenvalue weighted by Gasteiger charge is 2.21. The summed E-state index contributed by atoms with van der Waals surface area (Å²) in [5.74, 6) is 0.731. The third kappa shape index (κ3) is 4.46. The lowest BCUT2D eigenvalue weighted by Crippen LogP contribution is -2.39. The van der Waals surface area contributed by atoms with E-state index in [0.29, 0.717) is 30.4 Å². The lowest BCUT2D eigenvalue weighted by molar-refractivity contribution is 0.104. The van der Waals surface area contributed by atoms with Crippen molar-refractivity contribution in [3.8, 4) is 5.75 Å². The third-order valence-corrected chi connectivity index (χ3v) is 3.44.